The van der Waals surface area contributed by atoms with Crippen LogP contribution in [0.5, 0.6) is 11.5 Å². The van der Waals surface area contributed by atoms with Crippen molar-refractivity contribution in [2.75, 3.05) is 54.6 Å². The molecular weight excluding hydrogens is 429 g/mol. The van der Waals surface area contributed by atoms with Crippen molar-refractivity contribution in [2.24, 2.45) is 17.6 Å². The highest BCUT2D eigenvalue weighted by Gasteiger charge is 2.44. The van der Waals surface area contributed by atoms with Crippen LogP contribution in [0.1, 0.15) is 23.2 Å². The lowest BCUT2D eigenvalue weighted by Gasteiger charge is -2.40. The summed E-state index contributed by atoms with van der Waals surface area (Å²) in [6.45, 7) is 2.31. The summed E-state index contributed by atoms with van der Waals surface area (Å²) in [7, 11) is 7.60. The molecule has 2 fully saturated rings. The maximum Gasteiger partial charge on any atom is 0.257 e. The van der Waals surface area contributed by atoms with Gasteiger partial charge in [-0.05, 0) is 50.9 Å². The SMILES string of the molecule is COc1ccc(C(=O)N2C[C@H]3C[C@@H](N(C)C)[C@H](OC)C[C@H]3C2)c(OCCN)c1.Cl.Cl. The first-order valence-corrected chi connectivity index (χ1v) is 9.97. The summed E-state index contributed by atoms with van der Waals surface area (Å²) in [6, 6.07) is 5.74. The van der Waals surface area contributed by atoms with E-state index in [-0.39, 0.29) is 36.8 Å². The highest BCUT2D eigenvalue weighted by Crippen LogP contribution is 2.39. The third-order valence-corrected chi connectivity index (χ3v) is 6.13. The number of methoxy groups -OCH3 is 2. The number of hydrogen-bond acceptors (Lipinski definition) is 6. The first kappa shape index (κ1) is 26.8. The van der Waals surface area contributed by atoms with Crippen LogP contribution in [0.3, 0.4) is 0 Å². The van der Waals surface area contributed by atoms with E-state index in [1.807, 2.05) is 4.90 Å². The topological polar surface area (TPSA) is 77.3 Å². The minimum Gasteiger partial charge on any atom is -0.497 e. The van der Waals surface area contributed by atoms with Crippen molar-refractivity contribution < 1.29 is 19.0 Å². The van der Waals surface area contributed by atoms with Gasteiger partial charge >= 0.3 is 0 Å². The first-order chi connectivity index (χ1) is 13.5. The third kappa shape index (κ3) is 5.71. The molecule has 2 N–H and O–H groups in total. The number of amides is 1. The van der Waals surface area contributed by atoms with Gasteiger partial charge in [0, 0.05) is 38.9 Å². The number of nitrogens with zero attached hydrogens (tertiary/aromatic N) is 2. The molecule has 7 nitrogen and oxygen atoms in total. The van der Waals surface area contributed by atoms with Crippen LogP contribution in [0.4, 0.5) is 0 Å². The van der Waals surface area contributed by atoms with E-state index in [4.69, 9.17) is 19.9 Å². The van der Waals surface area contributed by atoms with Crippen LogP contribution >= 0.6 is 24.8 Å². The van der Waals surface area contributed by atoms with E-state index in [1.165, 1.54) is 0 Å². The summed E-state index contributed by atoms with van der Waals surface area (Å²) in [5.74, 6) is 2.20. The molecule has 172 valence electrons. The summed E-state index contributed by atoms with van der Waals surface area (Å²) in [5.41, 5.74) is 6.14. The predicted molar refractivity (Wildman–Crippen MR) is 122 cm³/mol. The van der Waals surface area contributed by atoms with Crippen LogP contribution in [0.15, 0.2) is 18.2 Å². The second-order valence-corrected chi connectivity index (χ2v) is 8.01. The fourth-order valence-corrected chi connectivity index (χ4v) is 4.62. The smallest absolute Gasteiger partial charge is 0.257 e. The normalized spacial score (nSPS) is 25.2. The lowest BCUT2D eigenvalue weighted by atomic mass is 9.77. The average molecular weight is 464 g/mol. The molecule has 3 rings (SSSR count). The molecule has 1 aromatic carbocycles. The molecule has 1 aliphatic carbocycles. The Balaban J connectivity index is 0.00000225. The van der Waals surface area contributed by atoms with Gasteiger partial charge in [0.25, 0.3) is 5.91 Å². The minimum absolute atomic E-state index is 0. The Morgan fingerprint density at radius 2 is 1.83 bits per heavy atom. The van der Waals surface area contributed by atoms with E-state index in [9.17, 15) is 4.79 Å². The van der Waals surface area contributed by atoms with Gasteiger partial charge in [0.15, 0.2) is 0 Å². The second-order valence-electron chi connectivity index (χ2n) is 8.01. The lowest BCUT2D eigenvalue weighted by molar-refractivity contribution is -0.0209. The Bertz CT molecular complexity index is 692. The highest BCUT2D eigenvalue weighted by molar-refractivity contribution is 5.97. The van der Waals surface area contributed by atoms with Crippen molar-refractivity contribution in [1.29, 1.82) is 0 Å². The fraction of sp³-hybridized carbons (Fsp3) is 0.667. The Morgan fingerprint density at radius 3 is 2.40 bits per heavy atom. The van der Waals surface area contributed by atoms with E-state index in [0.717, 1.165) is 25.9 Å². The Hall–Kier alpha value is -1.25. The van der Waals surface area contributed by atoms with Gasteiger partial charge in [-0.2, -0.15) is 0 Å². The molecule has 1 amide bonds. The van der Waals surface area contributed by atoms with Gasteiger partial charge in [0.05, 0.1) is 18.8 Å². The molecule has 0 unspecified atom stereocenters. The summed E-state index contributed by atoms with van der Waals surface area (Å²) < 4.78 is 16.8. The molecular formula is C21H35Cl2N3O4. The van der Waals surface area contributed by atoms with Crippen molar-refractivity contribution in [3.05, 3.63) is 23.8 Å². The zero-order valence-electron chi connectivity index (χ0n) is 18.2. The average Bonchev–Trinajstić information content (AvgIpc) is 3.13. The summed E-state index contributed by atoms with van der Waals surface area (Å²) in [4.78, 5) is 17.5. The fourth-order valence-electron chi connectivity index (χ4n) is 4.62. The van der Waals surface area contributed by atoms with Crippen LogP contribution in [-0.4, -0.2) is 82.4 Å². The van der Waals surface area contributed by atoms with Gasteiger partial charge in [-0.25, -0.2) is 0 Å². The number of benzene rings is 1. The zero-order chi connectivity index (χ0) is 20.3. The number of halogens is 2. The van der Waals surface area contributed by atoms with Crippen molar-refractivity contribution in [3.63, 3.8) is 0 Å². The molecule has 1 heterocycles. The molecule has 0 spiro atoms. The van der Waals surface area contributed by atoms with E-state index < -0.39 is 0 Å². The number of nitrogens with two attached hydrogens (primary N) is 1. The molecule has 30 heavy (non-hydrogen) atoms. The van der Waals surface area contributed by atoms with Gasteiger partial charge in [-0.3, -0.25) is 4.79 Å². The van der Waals surface area contributed by atoms with Gasteiger partial charge in [-0.1, -0.05) is 0 Å². The van der Waals surface area contributed by atoms with Crippen molar-refractivity contribution >= 4 is 30.7 Å². The van der Waals surface area contributed by atoms with Gasteiger partial charge in [0.2, 0.25) is 0 Å². The van der Waals surface area contributed by atoms with E-state index in [1.54, 1.807) is 32.4 Å². The number of likely N-dealkylation sites (tertiary alicyclic amines) is 1. The standard InChI is InChI=1S/C21H33N3O4.2ClH/c1-23(2)18-9-14-12-24(13-15(14)10-20(18)27-4)21(25)17-6-5-16(26-3)11-19(17)28-8-7-22;;/h5-6,11,14-15,18,20H,7-10,12-13,22H2,1-4H3;2*1H/t14-,15+,18-,20-;;/m1../s1. The number of carbonyl (C=O) groups excluding carboxylic acids is 1. The summed E-state index contributed by atoms with van der Waals surface area (Å²) in [5, 5.41) is 0. The number of carbonyl (C=O) groups is 1. The van der Waals surface area contributed by atoms with Crippen molar-refractivity contribution in [2.45, 2.75) is 25.0 Å². The minimum atomic E-state index is 0. The molecule has 9 heteroatoms. The number of ether oxygens (including phenoxy) is 3. The van der Waals surface area contributed by atoms with Gasteiger partial charge in [-0.15, -0.1) is 24.8 Å². The predicted octanol–water partition coefficient (Wildman–Crippen LogP) is 2.30. The maximum absolute atomic E-state index is 13.3. The summed E-state index contributed by atoms with van der Waals surface area (Å²) >= 11 is 0. The molecule has 1 saturated heterocycles. The molecule has 2 aliphatic rings. The highest BCUT2D eigenvalue weighted by atomic mass is 35.5. The Morgan fingerprint density at radius 1 is 1.17 bits per heavy atom. The molecule has 1 saturated carbocycles. The molecule has 0 aromatic heterocycles. The number of rotatable bonds is 7. The van der Waals surface area contributed by atoms with Crippen molar-refractivity contribution in [1.82, 2.24) is 9.80 Å². The third-order valence-electron chi connectivity index (χ3n) is 6.13. The second kappa shape index (κ2) is 12.0. The van der Waals surface area contributed by atoms with Crippen LogP contribution in [0, 0.1) is 11.8 Å². The Kier molecular flexibility index (Phi) is 10.7. The molecule has 1 aromatic rings. The van der Waals surface area contributed by atoms with Gasteiger partial charge < -0.3 is 29.7 Å². The van der Waals surface area contributed by atoms with Gasteiger partial charge in [0.1, 0.15) is 18.1 Å². The molecule has 0 bridgehead atoms. The Labute approximate surface area is 192 Å². The van der Waals surface area contributed by atoms with E-state index in [0.29, 0.717) is 48.1 Å². The number of likely N-dealkylation sites (N-methyl/N-ethyl adjacent to an activating group) is 1. The lowest BCUT2D eigenvalue weighted by Crippen LogP contribution is -2.47. The van der Waals surface area contributed by atoms with Crippen molar-refractivity contribution in [3.8, 4) is 11.5 Å². The van der Waals surface area contributed by atoms with Crippen LogP contribution in [0.25, 0.3) is 0 Å². The largest absolute Gasteiger partial charge is 0.497 e. The molecule has 0 radical (unpaired) electrons. The number of fused-ring (bicyclic) bond motifs is 1. The van der Waals surface area contributed by atoms with Crippen LogP contribution in [-0.2, 0) is 4.74 Å². The van der Waals surface area contributed by atoms with E-state index in [2.05, 4.69) is 19.0 Å². The molecule has 1 aliphatic heterocycles. The monoisotopic (exact) mass is 463 g/mol. The zero-order valence-corrected chi connectivity index (χ0v) is 19.8. The number of hydrogen-bond donors (Lipinski definition) is 1. The quantitative estimate of drug-likeness (QED) is 0.668. The maximum atomic E-state index is 13.3. The van der Waals surface area contributed by atoms with Crippen LogP contribution < -0.4 is 15.2 Å². The molecule has 4 atom stereocenters. The van der Waals surface area contributed by atoms with E-state index >= 15 is 0 Å². The van der Waals surface area contributed by atoms with Crippen LogP contribution in [0.2, 0.25) is 0 Å². The first-order valence-electron chi connectivity index (χ1n) is 9.97. The summed E-state index contributed by atoms with van der Waals surface area (Å²) in [6.07, 6.45) is 2.27.